The molecule has 0 spiro atoms. The van der Waals surface area contributed by atoms with Crippen molar-refractivity contribution >= 4 is 5.69 Å². The third-order valence-electron chi connectivity index (χ3n) is 4.11. The van der Waals surface area contributed by atoms with Crippen LogP contribution in [0.3, 0.4) is 0 Å². The van der Waals surface area contributed by atoms with E-state index in [4.69, 9.17) is 0 Å². The van der Waals surface area contributed by atoms with Crippen molar-refractivity contribution in [1.29, 1.82) is 0 Å². The fraction of sp³-hybridized carbons (Fsp3) is 0.647. The van der Waals surface area contributed by atoms with Gasteiger partial charge in [-0.1, -0.05) is 57.2 Å². The van der Waals surface area contributed by atoms with Crippen LogP contribution >= 0.6 is 0 Å². The van der Waals surface area contributed by atoms with Crippen LogP contribution in [0, 0.1) is 0 Å². The Morgan fingerprint density at radius 1 is 1.00 bits per heavy atom. The Morgan fingerprint density at radius 3 is 2.39 bits per heavy atom. The van der Waals surface area contributed by atoms with Gasteiger partial charge < -0.3 is 4.90 Å². The summed E-state index contributed by atoms with van der Waals surface area (Å²) in [6.45, 7) is 3.52. The maximum absolute atomic E-state index is 2.68. The van der Waals surface area contributed by atoms with Crippen LogP contribution in [0.1, 0.15) is 58.3 Å². The van der Waals surface area contributed by atoms with Gasteiger partial charge in [-0.05, 0) is 31.4 Å². The zero-order valence-corrected chi connectivity index (χ0v) is 11.8. The average molecular weight is 245 g/mol. The van der Waals surface area contributed by atoms with E-state index in [0.29, 0.717) is 0 Å². The number of rotatable bonds is 6. The van der Waals surface area contributed by atoms with Crippen LogP contribution in [0.2, 0.25) is 0 Å². The van der Waals surface area contributed by atoms with Gasteiger partial charge in [0.2, 0.25) is 0 Å². The van der Waals surface area contributed by atoms with Crippen molar-refractivity contribution in [2.45, 2.75) is 64.3 Å². The zero-order chi connectivity index (χ0) is 12.6. The first-order valence-electron chi connectivity index (χ1n) is 7.73. The number of nitrogens with zero attached hydrogens (tertiary/aromatic N) is 1. The predicted molar refractivity (Wildman–Crippen MR) is 80.2 cm³/mol. The van der Waals surface area contributed by atoms with Crippen LogP contribution in [-0.4, -0.2) is 12.6 Å². The molecule has 1 aliphatic carbocycles. The van der Waals surface area contributed by atoms with Crippen molar-refractivity contribution < 1.29 is 0 Å². The van der Waals surface area contributed by atoms with Crippen molar-refractivity contribution in [2.75, 3.05) is 11.4 Å². The molecular formula is C17H27N. The largest absolute Gasteiger partial charge is 0.369 e. The number of unbranched alkanes of at least 4 members (excludes halogenated alkanes) is 2. The minimum atomic E-state index is 0.790. The Morgan fingerprint density at radius 2 is 1.72 bits per heavy atom. The SMILES string of the molecule is CCCCCN(c1ccccc1)C1CCCCC1. The molecule has 0 radical (unpaired) electrons. The molecule has 1 nitrogen and oxygen atoms in total. The van der Waals surface area contributed by atoms with E-state index in [9.17, 15) is 0 Å². The van der Waals surface area contributed by atoms with Crippen LogP contribution < -0.4 is 4.90 Å². The Labute approximate surface area is 112 Å². The number of para-hydroxylation sites is 1. The fourth-order valence-corrected chi connectivity index (χ4v) is 3.07. The lowest BCUT2D eigenvalue weighted by atomic mass is 9.93. The van der Waals surface area contributed by atoms with E-state index in [1.807, 2.05) is 0 Å². The lowest BCUT2D eigenvalue weighted by Gasteiger charge is -2.36. The molecule has 1 aliphatic rings. The van der Waals surface area contributed by atoms with Gasteiger partial charge in [0.1, 0.15) is 0 Å². The average Bonchev–Trinajstić information content (AvgIpc) is 2.46. The number of anilines is 1. The van der Waals surface area contributed by atoms with Crippen molar-refractivity contribution in [1.82, 2.24) is 0 Å². The Bertz CT molecular complexity index is 314. The molecule has 0 aliphatic heterocycles. The first kappa shape index (κ1) is 13.5. The molecular weight excluding hydrogens is 218 g/mol. The fourth-order valence-electron chi connectivity index (χ4n) is 3.07. The van der Waals surface area contributed by atoms with E-state index in [1.54, 1.807) is 0 Å². The van der Waals surface area contributed by atoms with Crippen LogP contribution in [0.15, 0.2) is 30.3 Å². The molecule has 1 saturated carbocycles. The normalized spacial score (nSPS) is 16.7. The Balaban J connectivity index is 2.01. The van der Waals surface area contributed by atoms with E-state index in [2.05, 4.69) is 42.2 Å². The summed E-state index contributed by atoms with van der Waals surface area (Å²) in [6.07, 6.45) is 11.1. The predicted octanol–water partition coefficient (Wildman–Crippen LogP) is 5.02. The summed E-state index contributed by atoms with van der Waals surface area (Å²) in [6, 6.07) is 11.8. The molecule has 2 rings (SSSR count). The highest BCUT2D eigenvalue weighted by Crippen LogP contribution is 2.27. The first-order chi connectivity index (χ1) is 8.92. The summed E-state index contributed by atoms with van der Waals surface area (Å²) in [7, 11) is 0. The summed E-state index contributed by atoms with van der Waals surface area (Å²) >= 11 is 0. The topological polar surface area (TPSA) is 3.24 Å². The molecule has 0 atom stereocenters. The minimum absolute atomic E-state index is 0.790. The second kappa shape index (κ2) is 7.45. The molecule has 18 heavy (non-hydrogen) atoms. The summed E-state index contributed by atoms with van der Waals surface area (Å²) < 4.78 is 0. The van der Waals surface area contributed by atoms with Gasteiger partial charge in [-0.15, -0.1) is 0 Å². The van der Waals surface area contributed by atoms with E-state index in [0.717, 1.165) is 6.04 Å². The standard InChI is InChI=1S/C17H27N/c1-2-3-10-15-18(16-11-6-4-7-12-16)17-13-8-5-9-14-17/h4,6-7,11-12,17H,2-3,5,8-10,13-15H2,1H3. The highest BCUT2D eigenvalue weighted by atomic mass is 15.2. The van der Waals surface area contributed by atoms with Gasteiger partial charge in [0.05, 0.1) is 0 Å². The van der Waals surface area contributed by atoms with Gasteiger partial charge in [-0.25, -0.2) is 0 Å². The van der Waals surface area contributed by atoms with Crippen LogP contribution in [0.4, 0.5) is 5.69 Å². The van der Waals surface area contributed by atoms with Gasteiger partial charge in [0.15, 0.2) is 0 Å². The summed E-state index contributed by atoms with van der Waals surface area (Å²) in [5, 5.41) is 0. The number of hydrogen-bond acceptors (Lipinski definition) is 1. The van der Waals surface area contributed by atoms with Crippen molar-refractivity contribution in [2.24, 2.45) is 0 Å². The molecule has 0 bridgehead atoms. The second-order valence-electron chi connectivity index (χ2n) is 5.53. The first-order valence-corrected chi connectivity index (χ1v) is 7.73. The van der Waals surface area contributed by atoms with E-state index >= 15 is 0 Å². The molecule has 0 N–H and O–H groups in total. The lowest BCUT2D eigenvalue weighted by Crippen LogP contribution is -2.37. The van der Waals surface area contributed by atoms with E-state index in [-0.39, 0.29) is 0 Å². The second-order valence-corrected chi connectivity index (χ2v) is 5.53. The minimum Gasteiger partial charge on any atom is -0.369 e. The third kappa shape index (κ3) is 3.76. The number of benzene rings is 1. The quantitative estimate of drug-likeness (QED) is 0.636. The van der Waals surface area contributed by atoms with Crippen LogP contribution in [0.5, 0.6) is 0 Å². The molecule has 0 unspecified atom stereocenters. The van der Waals surface area contributed by atoms with Crippen molar-refractivity contribution in [3.05, 3.63) is 30.3 Å². The monoisotopic (exact) mass is 245 g/mol. The molecule has 100 valence electrons. The number of hydrogen-bond donors (Lipinski definition) is 0. The van der Waals surface area contributed by atoms with Crippen molar-refractivity contribution in [3.63, 3.8) is 0 Å². The molecule has 0 amide bonds. The van der Waals surface area contributed by atoms with Crippen LogP contribution in [0.25, 0.3) is 0 Å². The summed E-state index contributed by atoms with van der Waals surface area (Å²) in [5.41, 5.74) is 1.43. The molecule has 1 heteroatoms. The smallest absolute Gasteiger partial charge is 0.0368 e. The van der Waals surface area contributed by atoms with Crippen LogP contribution in [-0.2, 0) is 0 Å². The molecule has 0 heterocycles. The lowest BCUT2D eigenvalue weighted by molar-refractivity contribution is 0.411. The maximum Gasteiger partial charge on any atom is 0.0368 e. The van der Waals surface area contributed by atoms with Gasteiger partial charge in [-0.2, -0.15) is 0 Å². The summed E-state index contributed by atoms with van der Waals surface area (Å²) in [4.78, 5) is 2.68. The summed E-state index contributed by atoms with van der Waals surface area (Å²) in [5.74, 6) is 0. The van der Waals surface area contributed by atoms with Gasteiger partial charge >= 0.3 is 0 Å². The van der Waals surface area contributed by atoms with Gasteiger partial charge in [-0.3, -0.25) is 0 Å². The molecule has 1 aromatic carbocycles. The third-order valence-corrected chi connectivity index (χ3v) is 4.11. The zero-order valence-electron chi connectivity index (χ0n) is 11.8. The maximum atomic E-state index is 2.68. The molecule has 0 saturated heterocycles. The van der Waals surface area contributed by atoms with E-state index in [1.165, 1.54) is 63.6 Å². The molecule has 1 aromatic rings. The van der Waals surface area contributed by atoms with E-state index < -0.39 is 0 Å². The Hall–Kier alpha value is -0.980. The molecule has 1 fully saturated rings. The van der Waals surface area contributed by atoms with Gasteiger partial charge in [0, 0.05) is 18.3 Å². The van der Waals surface area contributed by atoms with Crippen molar-refractivity contribution in [3.8, 4) is 0 Å². The highest BCUT2D eigenvalue weighted by molar-refractivity contribution is 5.47. The van der Waals surface area contributed by atoms with Gasteiger partial charge in [0.25, 0.3) is 0 Å². The highest BCUT2D eigenvalue weighted by Gasteiger charge is 2.20. The Kier molecular flexibility index (Phi) is 5.57. The molecule has 0 aromatic heterocycles.